The van der Waals surface area contributed by atoms with E-state index in [-0.39, 0.29) is 11.9 Å². The smallest absolute Gasteiger partial charge is 0.322 e. The SMILES string of the molecule is CC(=O)N1CCCN(C(=O)Nc2cccnc2N2CCCC2)CC1. The molecule has 7 heteroatoms. The molecule has 2 aliphatic rings. The lowest BCUT2D eigenvalue weighted by Gasteiger charge is -2.24. The number of nitrogens with one attached hydrogen (secondary N) is 1. The molecular formula is C17H25N5O2. The van der Waals surface area contributed by atoms with Crippen molar-refractivity contribution in [3.05, 3.63) is 18.3 Å². The number of carbonyl (C=O) groups excluding carboxylic acids is 2. The van der Waals surface area contributed by atoms with Crippen LogP contribution < -0.4 is 10.2 Å². The second-order valence-electron chi connectivity index (χ2n) is 6.35. The van der Waals surface area contributed by atoms with E-state index in [1.54, 1.807) is 22.9 Å². The third kappa shape index (κ3) is 3.77. The number of rotatable bonds is 2. The standard InChI is InChI=1S/C17H25N5O2/c1-14(23)20-10-5-11-22(13-12-20)17(24)19-15-6-4-7-18-16(15)21-8-2-3-9-21/h4,6-7H,2-3,5,8-13H2,1H3,(H,19,24). The zero-order valence-electron chi connectivity index (χ0n) is 14.2. The van der Waals surface area contributed by atoms with Crippen LogP contribution >= 0.6 is 0 Å². The van der Waals surface area contributed by atoms with E-state index in [0.717, 1.165) is 43.9 Å². The van der Waals surface area contributed by atoms with Gasteiger partial charge in [-0.15, -0.1) is 0 Å². The van der Waals surface area contributed by atoms with E-state index in [4.69, 9.17) is 0 Å². The van der Waals surface area contributed by atoms with Gasteiger partial charge in [-0.25, -0.2) is 9.78 Å². The quantitative estimate of drug-likeness (QED) is 0.897. The van der Waals surface area contributed by atoms with E-state index in [9.17, 15) is 9.59 Å². The summed E-state index contributed by atoms with van der Waals surface area (Å²) in [5, 5.41) is 3.01. The molecule has 1 N–H and O–H groups in total. The number of aromatic nitrogens is 1. The summed E-state index contributed by atoms with van der Waals surface area (Å²) in [4.78, 5) is 34.4. The first-order valence-corrected chi connectivity index (χ1v) is 8.66. The van der Waals surface area contributed by atoms with Crippen molar-refractivity contribution in [2.45, 2.75) is 26.2 Å². The molecule has 2 fully saturated rings. The number of pyridine rings is 1. The van der Waals surface area contributed by atoms with Gasteiger partial charge in [-0.3, -0.25) is 4.79 Å². The minimum Gasteiger partial charge on any atom is -0.355 e. The van der Waals surface area contributed by atoms with Gasteiger partial charge in [-0.1, -0.05) is 0 Å². The Morgan fingerprint density at radius 1 is 1.00 bits per heavy atom. The summed E-state index contributed by atoms with van der Waals surface area (Å²) in [5.41, 5.74) is 0.761. The molecule has 24 heavy (non-hydrogen) atoms. The molecule has 7 nitrogen and oxygen atoms in total. The van der Waals surface area contributed by atoms with Crippen molar-refractivity contribution in [3.8, 4) is 0 Å². The molecule has 3 amide bonds. The van der Waals surface area contributed by atoms with Crippen molar-refractivity contribution >= 4 is 23.4 Å². The molecule has 0 aromatic carbocycles. The Morgan fingerprint density at radius 3 is 2.46 bits per heavy atom. The minimum atomic E-state index is -0.117. The van der Waals surface area contributed by atoms with Crippen molar-refractivity contribution in [2.24, 2.45) is 0 Å². The van der Waals surface area contributed by atoms with Gasteiger partial charge in [-0.2, -0.15) is 0 Å². The molecule has 3 rings (SSSR count). The molecule has 0 saturated carbocycles. The molecule has 0 atom stereocenters. The summed E-state index contributed by atoms with van der Waals surface area (Å²) in [6.07, 6.45) is 4.90. The fourth-order valence-corrected chi connectivity index (χ4v) is 3.31. The summed E-state index contributed by atoms with van der Waals surface area (Å²) in [6, 6.07) is 3.63. The number of urea groups is 1. The van der Waals surface area contributed by atoms with Crippen LogP contribution in [0.1, 0.15) is 26.2 Å². The van der Waals surface area contributed by atoms with Crippen LogP contribution in [0.25, 0.3) is 0 Å². The number of hydrogen-bond donors (Lipinski definition) is 1. The lowest BCUT2D eigenvalue weighted by atomic mass is 10.3. The van der Waals surface area contributed by atoms with Gasteiger partial charge in [0.1, 0.15) is 0 Å². The number of hydrogen-bond acceptors (Lipinski definition) is 4. The number of anilines is 2. The van der Waals surface area contributed by atoms with Crippen LogP contribution in [0.5, 0.6) is 0 Å². The van der Waals surface area contributed by atoms with Crippen LogP contribution in [-0.4, -0.2) is 66.0 Å². The molecule has 0 radical (unpaired) electrons. The molecule has 1 aromatic rings. The average molecular weight is 331 g/mol. The molecule has 0 bridgehead atoms. The molecule has 0 unspecified atom stereocenters. The maximum atomic E-state index is 12.6. The van der Waals surface area contributed by atoms with Gasteiger partial charge in [0.15, 0.2) is 5.82 Å². The van der Waals surface area contributed by atoms with Gasteiger partial charge in [0, 0.05) is 52.4 Å². The molecule has 2 saturated heterocycles. The van der Waals surface area contributed by atoms with Crippen molar-refractivity contribution in [1.82, 2.24) is 14.8 Å². The van der Waals surface area contributed by atoms with Gasteiger partial charge in [-0.05, 0) is 31.4 Å². The minimum absolute atomic E-state index is 0.0702. The number of carbonyl (C=O) groups is 2. The van der Waals surface area contributed by atoms with Gasteiger partial charge in [0.25, 0.3) is 0 Å². The molecule has 1 aromatic heterocycles. The van der Waals surface area contributed by atoms with Crippen LogP contribution in [0.2, 0.25) is 0 Å². The second-order valence-corrected chi connectivity index (χ2v) is 6.35. The first-order chi connectivity index (χ1) is 11.6. The molecule has 0 aliphatic carbocycles. The Balaban J connectivity index is 1.65. The van der Waals surface area contributed by atoms with Crippen molar-refractivity contribution in [3.63, 3.8) is 0 Å². The fourth-order valence-electron chi connectivity index (χ4n) is 3.31. The summed E-state index contributed by atoms with van der Waals surface area (Å²) in [7, 11) is 0. The lowest BCUT2D eigenvalue weighted by Crippen LogP contribution is -2.39. The summed E-state index contributed by atoms with van der Waals surface area (Å²) < 4.78 is 0. The Kier molecular flexibility index (Phi) is 5.17. The van der Waals surface area contributed by atoms with Gasteiger partial charge in [0.2, 0.25) is 5.91 Å². The van der Waals surface area contributed by atoms with Crippen molar-refractivity contribution < 1.29 is 9.59 Å². The van der Waals surface area contributed by atoms with E-state index in [1.165, 1.54) is 0 Å². The maximum Gasteiger partial charge on any atom is 0.322 e. The normalized spacial score (nSPS) is 18.5. The lowest BCUT2D eigenvalue weighted by molar-refractivity contribution is -0.128. The summed E-state index contributed by atoms with van der Waals surface area (Å²) in [6.45, 7) is 6.07. The predicted octanol–water partition coefficient (Wildman–Crippen LogP) is 1.77. The average Bonchev–Trinajstić information content (AvgIpc) is 2.98. The third-order valence-electron chi connectivity index (χ3n) is 4.66. The third-order valence-corrected chi connectivity index (χ3v) is 4.66. The first-order valence-electron chi connectivity index (χ1n) is 8.66. The maximum absolute atomic E-state index is 12.6. The first kappa shape index (κ1) is 16.5. The topological polar surface area (TPSA) is 68.8 Å². The zero-order valence-corrected chi connectivity index (χ0v) is 14.2. The highest BCUT2D eigenvalue weighted by Gasteiger charge is 2.22. The Hall–Kier alpha value is -2.31. The Bertz CT molecular complexity index is 600. The molecule has 3 heterocycles. The predicted molar refractivity (Wildman–Crippen MR) is 93.1 cm³/mol. The number of amides is 3. The van der Waals surface area contributed by atoms with Gasteiger partial charge < -0.3 is 20.0 Å². The highest BCUT2D eigenvalue weighted by atomic mass is 16.2. The van der Waals surface area contributed by atoms with E-state index in [2.05, 4.69) is 15.2 Å². The highest BCUT2D eigenvalue weighted by Crippen LogP contribution is 2.26. The largest absolute Gasteiger partial charge is 0.355 e. The van der Waals surface area contributed by atoms with E-state index >= 15 is 0 Å². The summed E-state index contributed by atoms with van der Waals surface area (Å²) >= 11 is 0. The zero-order chi connectivity index (χ0) is 16.9. The van der Waals surface area contributed by atoms with Crippen LogP contribution in [-0.2, 0) is 4.79 Å². The molecular weight excluding hydrogens is 306 g/mol. The fraction of sp³-hybridized carbons (Fsp3) is 0.588. The van der Waals surface area contributed by atoms with Gasteiger partial charge >= 0.3 is 6.03 Å². The highest BCUT2D eigenvalue weighted by molar-refractivity contribution is 5.92. The van der Waals surface area contributed by atoms with Crippen LogP contribution in [0.15, 0.2) is 18.3 Å². The van der Waals surface area contributed by atoms with E-state index in [0.29, 0.717) is 26.2 Å². The second kappa shape index (κ2) is 7.51. The number of nitrogens with zero attached hydrogens (tertiary/aromatic N) is 4. The molecule has 0 spiro atoms. The van der Waals surface area contributed by atoms with Crippen LogP contribution in [0.3, 0.4) is 0 Å². The van der Waals surface area contributed by atoms with Crippen molar-refractivity contribution in [2.75, 3.05) is 49.5 Å². The van der Waals surface area contributed by atoms with E-state index in [1.807, 2.05) is 12.1 Å². The van der Waals surface area contributed by atoms with Crippen LogP contribution in [0, 0.1) is 0 Å². The monoisotopic (exact) mass is 331 g/mol. The van der Waals surface area contributed by atoms with E-state index < -0.39 is 0 Å². The van der Waals surface area contributed by atoms with Gasteiger partial charge in [0.05, 0.1) is 5.69 Å². The van der Waals surface area contributed by atoms with Crippen LogP contribution in [0.4, 0.5) is 16.3 Å². The Labute approximate surface area is 142 Å². The summed E-state index contributed by atoms with van der Waals surface area (Å²) in [5.74, 6) is 0.921. The Morgan fingerprint density at radius 2 is 1.71 bits per heavy atom. The van der Waals surface area contributed by atoms with Crippen molar-refractivity contribution in [1.29, 1.82) is 0 Å². The molecule has 130 valence electrons. The molecule has 2 aliphatic heterocycles.